The Morgan fingerprint density at radius 1 is 0.344 bits per heavy atom. The van der Waals surface area contributed by atoms with Crippen molar-refractivity contribution in [2.45, 2.75) is 494 Å². The van der Waals surface area contributed by atoms with Gasteiger partial charge in [-0.3, -0.25) is 0 Å². The van der Waals surface area contributed by atoms with E-state index in [4.69, 9.17) is 0 Å². The van der Waals surface area contributed by atoms with E-state index in [1.54, 1.807) is 0 Å². The lowest BCUT2D eigenvalue weighted by atomic mass is 9.74. The van der Waals surface area contributed by atoms with Crippen molar-refractivity contribution in [3.63, 3.8) is 0 Å². The predicted octanol–water partition coefficient (Wildman–Crippen LogP) is 35.3. The highest BCUT2D eigenvalue weighted by atomic mass is 14.5. The summed E-state index contributed by atoms with van der Waals surface area (Å²) in [6.45, 7) is 85.2. The Hall–Kier alpha value is 0. The molecule has 572 valence electrons. The molecular weight excluding hydrogens is 1120 g/mol. The Morgan fingerprint density at radius 2 is 0.720 bits per heavy atom. The third-order valence-corrected chi connectivity index (χ3v) is 23.5. The first-order valence-corrected chi connectivity index (χ1v) is 43.1. The maximum Gasteiger partial charge on any atom is -0.0323 e. The highest BCUT2D eigenvalue weighted by molar-refractivity contribution is 4.93. The van der Waals surface area contributed by atoms with Gasteiger partial charge in [0.15, 0.2) is 0 Å². The van der Waals surface area contributed by atoms with E-state index < -0.39 is 0 Å². The maximum absolute atomic E-state index is 2.40. The van der Waals surface area contributed by atoms with Gasteiger partial charge in [-0.05, 0) is 143 Å². The molecule has 6 saturated carbocycles. The van der Waals surface area contributed by atoms with E-state index >= 15 is 0 Å². The van der Waals surface area contributed by atoms with E-state index in [0.717, 1.165) is 88.8 Å². The van der Waals surface area contributed by atoms with E-state index in [-0.39, 0.29) is 0 Å². The molecule has 0 aromatic rings. The van der Waals surface area contributed by atoms with Gasteiger partial charge in [-0.15, -0.1) is 0 Å². The van der Waals surface area contributed by atoms with Crippen molar-refractivity contribution in [3.05, 3.63) is 0 Å². The van der Waals surface area contributed by atoms with E-state index in [0.29, 0.717) is 21.7 Å². The lowest BCUT2D eigenvalue weighted by molar-refractivity contribution is 0.179. The highest BCUT2D eigenvalue weighted by Gasteiger charge is 2.43. The minimum absolute atomic E-state index is 0.542. The van der Waals surface area contributed by atoms with Crippen LogP contribution in [-0.4, -0.2) is 0 Å². The van der Waals surface area contributed by atoms with Crippen molar-refractivity contribution in [3.8, 4) is 0 Å². The lowest BCUT2D eigenvalue weighted by Gasteiger charge is -2.31. The molecule has 0 N–H and O–H groups in total. The third-order valence-electron chi connectivity index (χ3n) is 23.5. The molecule has 4 unspecified atom stereocenters. The van der Waals surface area contributed by atoms with E-state index in [2.05, 4.69) is 256 Å². The molecular formula is C93H200. The standard InChI is InChI=1S/C10H20.3C8H16.C8H18.C7H14.2C7H16.C6H12.4C6H14/c1-8-9(2,3)6-7-10(8,4)5;1-6-4-7(2)8(3)5-6;1-7-5-4-6-8(7,2)3;1-6-4-5-7(2)8(6)3;1-4-6-7-8(3)5-2;1-7-5-3-2-4-6-7;1-4-5-6-7(2)3;1-3-5-7-6-4-2;1-2-3-6-4-5-6;1-5-6(2,3)4;2*1-4-5-6(2)3;1-4-6(3)5-2/h8H,6-7H2,1-5H3;6-8H,4-5H2,1-3H3;7H,4-6H2,1-3H3;6-8H,4-5H2,1-3H3;8H,4-7H2,1-3H3;7H,2-6H2,1H3;7H,4-6H2,1-3H3;3-7H2,1-2H3;6H,2-5H2,1H3;5H2,1-4H3;3*6H,4-5H2,1-3H3/t;;7-;;8-;;;;;;;;/m..1.1......../s1. The van der Waals surface area contributed by atoms with Crippen molar-refractivity contribution in [1.82, 2.24) is 0 Å². The van der Waals surface area contributed by atoms with Gasteiger partial charge in [0.05, 0.1) is 0 Å². The van der Waals surface area contributed by atoms with Crippen LogP contribution in [0.5, 0.6) is 0 Å². The maximum atomic E-state index is 2.40. The quantitative estimate of drug-likeness (QED) is 0.113. The summed E-state index contributed by atoms with van der Waals surface area (Å²) in [4.78, 5) is 0. The van der Waals surface area contributed by atoms with Crippen LogP contribution in [0.1, 0.15) is 494 Å². The number of rotatable bonds is 19. The Balaban J connectivity index is -0.000000173. The molecule has 6 atom stereocenters. The fraction of sp³-hybridized carbons (Fsp3) is 1.00. The van der Waals surface area contributed by atoms with Gasteiger partial charge < -0.3 is 0 Å². The summed E-state index contributed by atoms with van der Waals surface area (Å²) >= 11 is 0. The summed E-state index contributed by atoms with van der Waals surface area (Å²) in [7, 11) is 0. The van der Waals surface area contributed by atoms with Gasteiger partial charge in [0.2, 0.25) is 0 Å². The molecule has 0 saturated heterocycles. The predicted molar refractivity (Wildman–Crippen MR) is 443 cm³/mol. The first kappa shape index (κ1) is 106. The van der Waals surface area contributed by atoms with Crippen molar-refractivity contribution in [2.24, 2.45) is 110 Å². The van der Waals surface area contributed by atoms with Crippen molar-refractivity contribution >= 4 is 0 Å². The van der Waals surface area contributed by atoms with Crippen LogP contribution in [0.3, 0.4) is 0 Å². The van der Waals surface area contributed by atoms with Crippen LogP contribution in [0.25, 0.3) is 0 Å². The van der Waals surface area contributed by atoms with Crippen LogP contribution in [0, 0.1) is 110 Å². The zero-order valence-corrected chi connectivity index (χ0v) is 73.8. The second kappa shape index (κ2) is 67.8. The molecule has 93 heavy (non-hydrogen) atoms. The Bertz CT molecular complexity index is 1330. The summed E-state index contributed by atoms with van der Waals surface area (Å²) in [6.07, 6.45) is 52.4. The topological polar surface area (TPSA) is 0 Å². The van der Waals surface area contributed by atoms with E-state index in [1.807, 2.05) is 0 Å². The van der Waals surface area contributed by atoms with Gasteiger partial charge in [0.25, 0.3) is 0 Å². The van der Waals surface area contributed by atoms with Gasteiger partial charge in [0.1, 0.15) is 0 Å². The SMILES string of the molecule is CC1C(C)(C)CCC1(C)C.CC1CC(C)C(C)C1.CC1CCC(C)C1C.CC1CCCCC1.CCC(C)(C)C.CCC(C)CC.CCCC(C)C.CCCC(C)C.CCCC1CC1.CCCCC(C)C.CCCCCCC.CCCC[C@H](C)CC.C[C@@H]1CCCC1(C)C. The van der Waals surface area contributed by atoms with Crippen LogP contribution in [-0.2, 0) is 0 Å². The molecule has 0 heterocycles. The smallest absolute Gasteiger partial charge is 0.0323 e. The fourth-order valence-electron chi connectivity index (χ4n) is 12.7. The second-order valence-corrected chi connectivity index (χ2v) is 37.3. The molecule has 0 amide bonds. The largest absolute Gasteiger partial charge is 0.0654 e. The van der Waals surface area contributed by atoms with Crippen LogP contribution >= 0.6 is 0 Å². The molecule has 0 nitrogen and oxygen atoms in total. The molecule has 0 aromatic heterocycles. The average molecular weight is 1320 g/mol. The molecule has 0 spiro atoms. The first-order valence-electron chi connectivity index (χ1n) is 43.1. The minimum Gasteiger partial charge on any atom is -0.0654 e. The molecule has 6 aliphatic rings. The zero-order chi connectivity index (χ0) is 73.8. The van der Waals surface area contributed by atoms with Crippen LogP contribution < -0.4 is 0 Å². The molecule has 0 radical (unpaired) electrons. The number of hydrogen-bond acceptors (Lipinski definition) is 0. The molecule has 0 bridgehead atoms. The summed E-state index contributed by atoms with van der Waals surface area (Å²) in [5, 5.41) is 0. The fourth-order valence-corrected chi connectivity index (χ4v) is 12.7. The molecule has 0 aliphatic heterocycles. The van der Waals surface area contributed by atoms with Gasteiger partial charge >= 0.3 is 0 Å². The summed E-state index contributed by atoms with van der Waals surface area (Å²) in [5.41, 5.74) is 2.37. The van der Waals surface area contributed by atoms with Crippen molar-refractivity contribution < 1.29 is 0 Å². The van der Waals surface area contributed by atoms with E-state index in [1.165, 1.54) is 238 Å². The minimum atomic E-state index is 0.542. The average Bonchev–Trinajstić information content (AvgIpc) is 1.66. The highest BCUT2D eigenvalue weighted by Crippen LogP contribution is 2.53. The lowest BCUT2D eigenvalue weighted by Crippen LogP contribution is -2.24. The number of unbranched alkanes of at least 4 members (excludes halogenated alkanes) is 6. The Kier molecular flexibility index (Phi) is 77.6. The van der Waals surface area contributed by atoms with Gasteiger partial charge in [-0.25, -0.2) is 0 Å². The van der Waals surface area contributed by atoms with E-state index in [9.17, 15) is 0 Å². The van der Waals surface area contributed by atoms with Crippen molar-refractivity contribution in [2.75, 3.05) is 0 Å². The van der Waals surface area contributed by atoms with Gasteiger partial charge in [-0.1, -0.05) is 462 Å². The summed E-state index contributed by atoms with van der Waals surface area (Å²) in [5.74, 6) is 14.6. The molecule has 6 fully saturated rings. The normalized spacial score (nSPS) is 23.3. The molecule has 0 heteroatoms. The summed E-state index contributed by atoms with van der Waals surface area (Å²) < 4.78 is 0. The number of hydrogen-bond donors (Lipinski definition) is 0. The molecule has 6 rings (SSSR count). The molecule has 6 aliphatic carbocycles. The Morgan fingerprint density at radius 3 is 0.860 bits per heavy atom. The van der Waals surface area contributed by atoms with Crippen LogP contribution in [0.4, 0.5) is 0 Å². The van der Waals surface area contributed by atoms with Gasteiger partial charge in [0, 0.05) is 0 Å². The second-order valence-electron chi connectivity index (χ2n) is 37.3. The van der Waals surface area contributed by atoms with Crippen LogP contribution in [0.2, 0.25) is 0 Å². The molecule has 0 aromatic carbocycles. The van der Waals surface area contributed by atoms with Crippen LogP contribution in [0.15, 0.2) is 0 Å². The third kappa shape index (κ3) is 77.6. The monoisotopic (exact) mass is 1320 g/mol. The first-order chi connectivity index (χ1) is 43.1. The zero-order valence-electron chi connectivity index (χ0n) is 73.8. The summed E-state index contributed by atoms with van der Waals surface area (Å²) in [6, 6.07) is 0. The Labute approximate surface area is 600 Å². The van der Waals surface area contributed by atoms with Gasteiger partial charge in [-0.2, -0.15) is 0 Å². The van der Waals surface area contributed by atoms with Crippen molar-refractivity contribution in [1.29, 1.82) is 0 Å².